The number of allylic oxidation sites excluding steroid dienone is 2. The molecular formula is C25H22N2O4. The molecule has 2 aliphatic carbocycles. The lowest BCUT2D eigenvalue weighted by Crippen LogP contribution is -2.32. The quantitative estimate of drug-likeness (QED) is 0.460. The number of carbonyl (C=O) groups excluding carboxylic acids is 3. The first-order valence-corrected chi connectivity index (χ1v) is 10.3. The fourth-order valence-corrected chi connectivity index (χ4v) is 4.95. The third-order valence-electron chi connectivity index (χ3n) is 6.38. The highest BCUT2D eigenvalue weighted by Gasteiger charge is 2.59. The summed E-state index contributed by atoms with van der Waals surface area (Å²) in [7, 11) is 1.58. The Balaban J connectivity index is 1.30. The number of ether oxygens (including phenoxy) is 1. The Bertz CT molecular complexity index is 1090. The Morgan fingerprint density at radius 1 is 1.03 bits per heavy atom. The van der Waals surface area contributed by atoms with Crippen LogP contribution in [0.2, 0.25) is 0 Å². The lowest BCUT2D eigenvalue weighted by atomic mass is 9.85. The molecule has 1 aliphatic heterocycles. The van der Waals surface area contributed by atoms with Gasteiger partial charge in [0.05, 0.1) is 24.6 Å². The van der Waals surface area contributed by atoms with Crippen LogP contribution in [0.15, 0.2) is 66.8 Å². The second kappa shape index (κ2) is 7.54. The van der Waals surface area contributed by atoms with Gasteiger partial charge in [-0.25, -0.2) is 4.90 Å². The van der Waals surface area contributed by atoms with Crippen LogP contribution in [0.3, 0.4) is 0 Å². The van der Waals surface area contributed by atoms with Crippen molar-refractivity contribution in [2.75, 3.05) is 17.3 Å². The first-order valence-electron chi connectivity index (χ1n) is 10.3. The molecule has 2 aromatic carbocycles. The maximum Gasteiger partial charge on any atom is 0.248 e. The minimum atomic E-state index is -0.277. The summed E-state index contributed by atoms with van der Waals surface area (Å²) in [5, 5.41) is 2.78. The second-order valence-corrected chi connectivity index (χ2v) is 8.16. The van der Waals surface area contributed by atoms with E-state index in [1.54, 1.807) is 55.7 Å². The predicted molar refractivity (Wildman–Crippen MR) is 117 cm³/mol. The number of hydrogen-bond acceptors (Lipinski definition) is 4. The molecule has 6 heteroatoms. The maximum absolute atomic E-state index is 13.0. The summed E-state index contributed by atoms with van der Waals surface area (Å²) in [5.74, 6) is 0.136. The van der Waals surface area contributed by atoms with E-state index in [4.69, 9.17) is 4.74 Å². The summed E-state index contributed by atoms with van der Waals surface area (Å²) in [6.07, 6.45) is 8.17. The molecular weight excluding hydrogens is 392 g/mol. The summed E-state index contributed by atoms with van der Waals surface area (Å²) >= 11 is 0. The van der Waals surface area contributed by atoms with Gasteiger partial charge in [0.2, 0.25) is 17.7 Å². The number of amides is 3. The number of hydrogen-bond donors (Lipinski definition) is 1. The van der Waals surface area contributed by atoms with E-state index in [0.717, 1.165) is 12.0 Å². The van der Waals surface area contributed by atoms with E-state index < -0.39 is 0 Å². The standard InChI is InChI=1S/C25H22N2O4/c1-31-20-10-8-18(9-11-20)26-21(28)12-5-15-3-2-4-19(13-15)27-24(29)22-16-6-7-17(14-16)23(22)25(27)30/h2-13,16-17,22-23H,14H2,1H3,(H,26,28)/b12-5+/t16-,17+,22-,23-/m0/s1. The van der Waals surface area contributed by atoms with Crippen LogP contribution in [0.4, 0.5) is 11.4 Å². The number of methoxy groups -OCH3 is 1. The molecule has 0 unspecified atom stereocenters. The molecule has 0 radical (unpaired) electrons. The van der Waals surface area contributed by atoms with Crippen LogP contribution in [0, 0.1) is 23.7 Å². The molecule has 0 aromatic heterocycles. The number of imide groups is 1. The van der Waals surface area contributed by atoms with Gasteiger partial charge < -0.3 is 10.1 Å². The number of rotatable bonds is 5. The topological polar surface area (TPSA) is 75.7 Å². The van der Waals surface area contributed by atoms with Crippen molar-refractivity contribution < 1.29 is 19.1 Å². The molecule has 31 heavy (non-hydrogen) atoms. The molecule has 2 aromatic rings. The smallest absolute Gasteiger partial charge is 0.248 e. The van der Waals surface area contributed by atoms with Gasteiger partial charge in [0.15, 0.2) is 0 Å². The van der Waals surface area contributed by atoms with E-state index in [9.17, 15) is 14.4 Å². The van der Waals surface area contributed by atoms with Crippen molar-refractivity contribution in [3.8, 4) is 5.75 Å². The number of benzene rings is 2. The largest absolute Gasteiger partial charge is 0.497 e. The molecule has 0 spiro atoms. The zero-order valence-electron chi connectivity index (χ0n) is 17.0. The SMILES string of the molecule is COc1ccc(NC(=O)/C=C/c2cccc(N3C(=O)[C@@H]4[C@@H](C3=O)[C@H]3C=C[C@@H]4C3)c2)cc1. The number of nitrogens with zero attached hydrogens (tertiary/aromatic N) is 1. The van der Waals surface area contributed by atoms with Crippen LogP contribution in [0.1, 0.15) is 12.0 Å². The van der Waals surface area contributed by atoms with Crippen molar-refractivity contribution in [3.63, 3.8) is 0 Å². The summed E-state index contributed by atoms with van der Waals surface area (Å²) in [6, 6.07) is 14.2. The molecule has 5 rings (SSSR count). The average molecular weight is 414 g/mol. The van der Waals surface area contributed by atoms with Gasteiger partial charge in [-0.3, -0.25) is 14.4 Å². The molecule has 156 valence electrons. The van der Waals surface area contributed by atoms with Gasteiger partial charge in [0.25, 0.3) is 0 Å². The maximum atomic E-state index is 13.0. The molecule has 3 aliphatic rings. The predicted octanol–water partition coefficient (Wildman–Crippen LogP) is 3.66. The van der Waals surface area contributed by atoms with E-state index in [-0.39, 0.29) is 41.4 Å². The van der Waals surface area contributed by atoms with Gasteiger partial charge in [-0.05, 0) is 66.3 Å². The number of carbonyl (C=O) groups is 3. The molecule has 2 fully saturated rings. The van der Waals surface area contributed by atoms with E-state index >= 15 is 0 Å². The van der Waals surface area contributed by atoms with Crippen molar-refractivity contribution in [1.82, 2.24) is 0 Å². The average Bonchev–Trinajstić information content (AvgIpc) is 3.47. The zero-order valence-corrected chi connectivity index (χ0v) is 17.0. The summed E-state index contributed by atoms with van der Waals surface area (Å²) in [5.41, 5.74) is 1.95. The van der Waals surface area contributed by atoms with Crippen molar-refractivity contribution >= 4 is 35.2 Å². The van der Waals surface area contributed by atoms with Crippen LogP contribution in [0.5, 0.6) is 5.75 Å². The highest BCUT2D eigenvalue weighted by Crippen LogP contribution is 2.53. The number of fused-ring (bicyclic) bond motifs is 5. The van der Waals surface area contributed by atoms with Crippen LogP contribution in [-0.2, 0) is 14.4 Å². The molecule has 4 atom stereocenters. The molecule has 1 saturated carbocycles. The van der Waals surface area contributed by atoms with E-state index in [0.29, 0.717) is 17.1 Å². The van der Waals surface area contributed by atoms with E-state index in [2.05, 4.69) is 17.5 Å². The monoisotopic (exact) mass is 414 g/mol. The Kier molecular flexibility index (Phi) is 4.70. The fourth-order valence-electron chi connectivity index (χ4n) is 4.95. The highest BCUT2D eigenvalue weighted by atomic mass is 16.5. The summed E-state index contributed by atoms with van der Waals surface area (Å²) < 4.78 is 5.11. The van der Waals surface area contributed by atoms with Crippen LogP contribution in [-0.4, -0.2) is 24.8 Å². The normalized spacial score (nSPS) is 26.0. The molecule has 2 bridgehead atoms. The van der Waals surface area contributed by atoms with Gasteiger partial charge >= 0.3 is 0 Å². The first-order chi connectivity index (χ1) is 15.0. The third kappa shape index (κ3) is 3.34. The Labute approximate surface area is 180 Å². The van der Waals surface area contributed by atoms with Gasteiger partial charge in [0, 0.05) is 11.8 Å². The van der Waals surface area contributed by atoms with Crippen LogP contribution < -0.4 is 15.0 Å². The van der Waals surface area contributed by atoms with Gasteiger partial charge in [-0.15, -0.1) is 0 Å². The van der Waals surface area contributed by atoms with Crippen LogP contribution >= 0.6 is 0 Å². The second-order valence-electron chi connectivity index (χ2n) is 8.16. The minimum absolute atomic E-state index is 0.106. The van der Waals surface area contributed by atoms with Crippen molar-refractivity contribution in [2.45, 2.75) is 6.42 Å². The zero-order chi connectivity index (χ0) is 21.5. The minimum Gasteiger partial charge on any atom is -0.497 e. The summed E-state index contributed by atoms with van der Waals surface area (Å²) in [6.45, 7) is 0. The van der Waals surface area contributed by atoms with Gasteiger partial charge in [-0.1, -0.05) is 24.3 Å². The molecule has 6 nitrogen and oxygen atoms in total. The molecule has 1 saturated heterocycles. The fraction of sp³-hybridized carbons (Fsp3) is 0.240. The number of nitrogens with one attached hydrogen (secondary N) is 1. The Hall–Kier alpha value is -3.67. The lowest BCUT2D eigenvalue weighted by Gasteiger charge is -2.17. The first kappa shape index (κ1) is 19.3. The van der Waals surface area contributed by atoms with E-state index in [1.807, 2.05) is 6.07 Å². The number of anilines is 2. The van der Waals surface area contributed by atoms with Gasteiger partial charge in [0.1, 0.15) is 5.75 Å². The van der Waals surface area contributed by atoms with Gasteiger partial charge in [-0.2, -0.15) is 0 Å². The van der Waals surface area contributed by atoms with E-state index in [1.165, 1.54) is 11.0 Å². The Morgan fingerprint density at radius 2 is 1.71 bits per heavy atom. The lowest BCUT2D eigenvalue weighted by molar-refractivity contribution is -0.123. The van der Waals surface area contributed by atoms with Crippen molar-refractivity contribution in [2.24, 2.45) is 23.7 Å². The van der Waals surface area contributed by atoms with Crippen molar-refractivity contribution in [3.05, 3.63) is 72.3 Å². The summed E-state index contributed by atoms with van der Waals surface area (Å²) in [4.78, 5) is 39.6. The van der Waals surface area contributed by atoms with Crippen molar-refractivity contribution in [1.29, 1.82) is 0 Å². The van der Waals surface area contributed by atoms with Crippen LogP contribution in [0.25, 0.3) is 6.08 Å². The molecule has 3 amide bonds. The highest BCUT2D eigenvalue weighted by molar-refractivity contribution is 6.22. The third-order valence-corrected chi connectivity index (χ3v) is 6.38. The molecule has 1 heterocycles. The molecule has 1 N–H and O–H groups in total. The Morgan fingerprint density at radius 3 is 2.35 bits per heavy atom.